The Balaban J connectivity index is 2.36. The van der Waals surface area contributed by atoms with Crippen LogP contribution in [0.3, 0.4) is 0 Å². The molecule has 21 heavy (non-hydrogen) atoms. The summed E-state index contributed by atoms with van der Waals surface area (Å²) in [6.45, 7) is 4.59. The lowest BCUT2D eigenvalue weighted by molar-refractivity contribution is 0.0957. The molecule has 1 aliphatic heterocycles. The molecule has 0 bridgehead atoms. The second kappa shape index (κ2) is 5.92. The zero-order chi connectivity index (χ0) is 15.7. The van der Waals surface area contributed by atoms with Crippen molar-refractivity contribution >= 4 is 10.0 Å². The Labute approximate surface area is 125 Å². The van der Waals surface area contributed by atoms with Crippen molar-refractivity contribution in [2.45, 2.75) is 43.4 Å². The van der Waals surface area contributed by atoms with Gasteiger partial charge in [0.1, 0.15) is 10.6 Å². The standard InChI is InChI=1S/C14H22N2O4S/c1-10-14(2,6-7-20-10)16-21(17,18)13-5-4-11(9-15)8-12(13)19-3/h4-5,8,10,16H,6-7,9,15H2,1-3H3. The van der Waals surface area contributed by atoms with Crippen LogP contribution in [-0.2, 0) is 21.3 Å². The molecule has 1 fully saturated rings. The molecule has 1 saturated heterocycles. The topological polar surface area (TPSA) is 90.7 Å². The van der Waals surface area contributed by atoms with Crippen LogP contribution in [0.25, 0.3) is 0 Å². The van der Waals surface area contributed by atoms with Gasteiger partial charge in [0, 0.05) is 13.2 Å². The van der Waals surface area contributed by atoms with Crippen LogP contribution in [0.15, 0.2) is 23.1 Å². The first-order valence-corrected chi connectivity index (χ1v) is 8.33. The Bertz CT molecular complexity index is 617. The molecule has 0 amide bonds. The molecule has 1 aromatic carbocycles. The first-order valence-electron chi connectivity index (χ1n) is 6.85. The number of ether oxygens (including phenoxy) is 2. The van der Waals surface area contributed by atoms with Gasteiger partial charge < -0.3 is 15.2 Å². The quantitative estimate of drug-likeness (QED) is 0.846. The predicted molar refractivity (Wildman–Crippen MR) is 79.6 cm³/mol. The maximum Gasteiger partial charge on any atom is 0.244 e. The Morgan fingerprint density at radius 3 is 2.76 bits per heavy atom. The van der Waals surface area contributed by atoms with E-state index < -0.39 is 15.6 Å². The number of benzene rings is 1. The third-order valence-corrected chi connectivity index (χ3v) is 5.66. The van der Waals surface area contributed by atoms with Crippen LogP contribution in [0, 0.1) is 0 Å². The van der Waals surface area contributed by atoms with Crippen molar-refractivity contribution in [3.05, 3.63) is 23.8 Å². The summed E-state index contributed by atoms with van der Waals surface area (Å²) in [5.74, 6) is 0.292. The van der Waals surface area contributed by atoms with E-state index in [-0.39, 0.29) is 11.0 Å². The van der Waals surface area contributed by atoms with E-state index in [1.165, 1.54) is 13.2 Å². The van der Waals surface area contributed by atoms with Gasteiger partial charge in [0.2, 0.25) is 10.0 Å². The van der Waals surface area contributed by atoms with Crippen LogP contribution in [0.4, 0.5) is 0 Å². The lowest BCUT2D eigenvalue weighted by Gasteiger charge is -2.28. The molecule has 0 radical (unpaired) electrons. The molecule has 0 saturated carbocycles. The number of sulfonamides is 1. The Morgan fingerprint density at radius 2 is 2.24 bits per heavy atom. The molecule has 1 heterocycles. The Kier molecular flexibility index (Phi) is 4.57. The van der Waals surface area contributed by atoms with Gasteiger partial charge in [0.15, 0.2) is 0 Å². The van der Waals surface area contributed by atoms with Gasteiger partial charge in [-0.15, -0.1) is 0 Å². The van der Waals surface area contributed by atoms with Gasteiger partial charge in [-0.25, -0.2) is 13.1 Å². The van der Waals surface area contributed by atoms with Gasteiger partial charge in [-0.05, 0) is 38.0 Å². The van der Waals surface area contributed by atoms with E-state index in [1.807, 2.05) is 13.8 Å². The molecule has 0 spiro atoms. The summed E-state index contributed by atoms with van der Waals surface area (Å²) < 4.78 is 38.7. The molecule has 3 N–H and O–H groups in total. The van der Waals surface area contributed by atoms with Gasteiger partial charge in [-0.1, -0.05) is 6.07 Å². The van der Waals surface area contributed by atoms with Crippen molar-refractivity contribution in [3.8, 4) is 5.75 Å². The number of rotatable bonds is 5. The molecule has 118 valence electrons. The zero-order valence-electron chi connectivity index (χ0n) is 12.5. The van der Waals surface area contributed by atoms with Crippen LogP contribution in [-0.4, -0.2) is 33.8 Å². The summed E-state index contributed by atoms with van der Waals surface area (Å²) in [7, 11) is -2.26. The average Bonchev–Trinajstić information content (AvgIpc) is 2.76. The van der Waals surface area contributed by atoms with E-state index in [9.17, 15) is 8.42 Å². The highest BCUT2D eigenvalue weighted by molar-refractivity contribution is 7.89. The van der Waals surface area contributed by atoms with E-state index in [1.54, 1.807) is 12.1 Å². The van der Waals surface area contributed by atoms with Gasteiger partial charge >= 0.3 is 0 Å². The van der Waals surface area contributed by atoms with Crippen molar-refractivity contribution in [3.63, 3.8) is 0 Å². The summed E-state index contributed by atoms with van der Waals surface area (Å²) in [5, 5.41) is 0. The van der Waals surface area contributed by atoms with Crippen LogP contribution in [0.1, 0.15) is 25.8 Å². The van der Waals surface area contributed by atoms with Gasteiger partial charge in [0.05, 0.1) is 18.8 Å². The number of hydrogen-bond acceptors (Lipinski definition) is 5. The lowest BCUT2D eigenvalue weighted by atomic mass is 9.97. The lowest BCUT2D eigenvalue weighted by Crippen LogP contribution is -2.50. The fraction of sp³-hybridized carbons (Fsp3) is 0.571. The van der Waals surface area contributed by atoms with E-state index in [2.05, 4.69) is 4.72 Å². The third-order valence-electron chi connectivity index (χ3n) is 4.01. The highest BCUT2D eigenvalue weighted by atomic mass is 32.2. The fourth-order valence-corrected chi connectivity index (χ4v) is 4.04. The predicted octanol–water partition coefficient (Wildman–Crippen LogP) is 1.000. The number of hydrogen-bond donors (Lipinski definition) is 2. The first-order chi connectivity index (χ1) is 9.82. The number of nitrogens with one attached hydrogen (secondary N) is 1. The van der Waals surface area contributed by atoms with Crippen molar-refractivity contribution in [2.75, 3.05) is 13.7 Å². The minimum Gasteiger partial charge on any atom is -0.495 e. The second-order valence-electron chi connectivity index (χ2n) is 5.48. The Hall–Kier alpha value is -1.15. The average molecular weight is 314 g/mol. The SMILES string of the molecule is COc1cc(CN)ccc1S(=O)(=O)NC1(C)CCOC1C. The largest absolute Gasteiger partial charge is 0.495 e. The number of methoxy groups -OCH3 is 1. The summed E-state index contributed by atoms with van der Waals surface area (Å²) in [6, 6.07) is 4.85. The minimum atomic E-state index is -3.70. The maximum atomic E-state index is 12.6. The van der Waals surface area contributed by atoms with Crippen LogP contribution < -0.4 is 15.2 Å². The van der Waals surface area contributed by atoms with Crippen molar-refractivity contribution in [1.82, 2.24) is 4.72 Å². The van der Waals surface area contributed by atoms with E-state index >= 15 is 0 Å². The third kappa shape index (κ3) is 3.21. The highest BCUT2D eigenvalue weighted by Crippen LogP contribution is 2.30. The van der Waals surface area contributed by atoms with Gasteiger partial charge in [-0.3, -0.25) is 0 Å². The molecule has 0 aromatic heterocycles. The van der Waals surface area contributed by atoms with Crippen LogP contribution >= 0.6 is 0 Å². The Morgan fingerprint density at radius 1 is 1.52 bits per heavy atom. The molecular weight excluding hydrogens is 292 g/mol. The second-order valence-corrected chi connectivity index (χ2v) is 7.13. The molecule has 1 aromatic rings. The molecule has 6 nitrogen and oxygen atoms in total. The summed E-state index contributed by atoms with van der Waals surface area (Å²) >= 11 is 0. The van der Waals surface area contributed by atoms with Crippen LogP contribution in [0.5, 0.6) is 5.75 Å². The molecular formula is C14H22N2O4S. The summed E-state index contributed by atoms with van der Waals surface area (Å²) in [4.78, 5) is 0.113. The minimum absolute atomic E-state index is 0.113. The maximum absolute atomic E-state index is 12.6. The molecule has 2 atom stereocenters. The van der Waals surface area contributed by atoms with Crippen molar-refractivity contribution < 1.29 is 17.9 Å². The monoisotopic (exact) mass is 314 g/mol. The van der Waals surface area contributed by atoms with E-state index in [0.29, 0.717) is 25.3 Å². The molecule has 7 heteroatoms. The summed E-state index contributed by atoms with van der Waals surface area (Å²) in [5.41, 5.74) is 5.77. The first kappa shape index (κ1) is 16.2. The smallest absolute Gasteiger partial charge is 0.244 e. The molecule has 1 aliphatic rings. The van der Waals surface area contributed by atoms with Crippen LogP contribution in [0.2, 0.25) is 0 Å². The zero-order valence-corrected chi connectivity index (χ0v) is 13.4. The molecule has 0 aliphatic carbocycles. The highest BCUT2D eigenvalue weighted by Gasteiger charge is 2.41. The van der Waals surface area contributed by atoms with Gasteiger partial charge in [0.25, 0.3) is 0 Å². The van der Waals surface area contributed by atoms with Crippen molar-refractivity contribution in [2.24, 2.45) is 5.73 Å². The summed E-state index contributed by atoms with van der Waals surface area (Å²) in [6.07, 6.45) is 0.456. The normalized spacial score (nSPS) is 26.0. The van der Waals surface area contributed by atoms with E-state index in [0.717, 1.165) is 5.56 Å². The van der Waals surface area contributed by atoms with Crippen molar-refractivity contribution in [1.29, 1.82) is 0 Å². The number of nitrogens with two attached hydrogens (primary N) is 1. The molecule has 2 unspecified atom stereocenters. The fourth-order valence-electron chi connectivity index (χ4n) is 2.39. The van der Waals surface area contributed by atoms with E-state index in [4.69, 9.17) is 15.2 Å². The molecule has 2 rings (SSSR count). The van der Waals surface area contributed by atoms with Gasteiger partial charge in [-0.2, -0.15) is 0 Å².